The van der Waals surface area contributed by atoms with Crippen molar-refractivity contribution in [1.29, 1.82) is 0 Å². The highest BCUT2D eigenvalue weighted by Gasteiger charge is 2.13. The summed E-state index contributed by atoms with van der Waals surface area (Å²) in [5.74, 6) is -0.543. The van der Waals surface area contributed by atoms with Gasteiger partial charge in [-0.25, -0.2) is 9.97 Å². The lowest BCUT2D eigenvalue weighted by molar-refractivity contribution is 0.101. The molecule has 0 unspecified atom stereocenters. The highest BCUT2D eigenvalue weighted by atomic mass is 16.2. The number of rotatable bonds is 4. The minimum atomic E-state index is -0.271. The zero-order valence-electron chi connectivity index (χ0n) is 16.3. The summed E-state index contributed by atoms with van der Waals surface area (Å²) in [6.45, 7) is 7.43. The molecular weight excluding hydrogens is 352 g/mol. The van der Waals surface area contributed by atoms with Crippen molar-refractivity contribution in [3.05, 3.63) is 82.4 Å². The summed E-state index contributed by atoms with van der Waals surface area (Å²) in [6.07, 6.45) is 0. The summed E-state index contributed by atoms with van der Waals surface area (Å²) in [5.41, 5.74) is 5.31. The van der Waals surface area contributed by atoms with Crippen molar-refractivity contribution in [1.82, 2.24) is 9.97 Å². The Labute approximate surface area is 164 Å². The Bertz CT molecular complexity index is 975. The van der Waals surface area contributed by atoms with Gasteiger partial charge in [-0.15, -0.1) is 0 Å². The van der Waals surface area contributed by atoms with E-state index in [0.717, 1.165) is 22.5 Å². The van der Waals surface area contributed by atoms with E-state index in [1.165, 1.54) is 0 Å². The van der Waals surface area contributed by atoms with Gasteiger partial charge in [0, 0.05) is 22.8 Å². The maximum absolute atomic E-state index is 12.5. The molecule has 0 bridgehead atoms. The number of benzene rings is 1. The second kappa shape index (κ2) is 8.00. The molecule has 2 amide bonds. The molecule has 3 aromatic rings. The molecule has 0 saturated heterocycles. The molecule has 0 fully saturated rings. The lowest BCUT2D eigenvalue weighted by Gasteiger charge is -2.14. The minimum Gasteiger partial charge on any atom is -0.320 e. The molecule has 0 atom stereocenters. The van der Waals surface area contributed by atoms with Gasteiger partial charge in [-0.3, -0.25) is 9.59 Å². The van der Waals surface area contributed by atoms with E-state index in [-0.39, 0.29) is 11.8 Å². The quantitative estimate of drug-likeness (QED) is 0.716. The Morgan fingerprint density at radius 3 is 1.43 bits per heavy atom. The molecule has 0 saturated carbocycles. The first-order chi connectivity index (χ1) is 13.3. The van der Waals surface area contributed by atoms with Gasteiger partial charge >= 0.3 is 0 Å². The van der Waals surface area contributed by atoms with Crippen LogP contribution >= 0.6 is 0 Å². The zero-order valence-corrected chi connectivity index (χ0v) is 16.3. The van der Waals surface area contributed by atoms with E-state index in [4.69, 9.17) is 0 Å². The van der Waals surface area contributed by atoms with Crippen LogP contribution in [0.15, 0.2) is 48.5 Å². The Morgan fingerprint density at radius 1 is 0.679 bits per heavy atom. The Balaban J connectivity index is 1.79. The van der Waals surface area contributed by atoms with Crippen LogP contribution in [0.2, 0.25) is 0 Å². The summed E-state index contributed by atoms with van der Waals surface area (Å²) >= 11 is 0. The molecule has 0 radical (unpaired) electrons. The number of carbonyl (C=O) groups is 2. The molecule has 2 aromatic heterocycles. The Morgan fingerprint density at radius 2 is 1.07 bits per heavy atom. The number of hydrogen-bond donors (Lipinski definition) is 2. The average Bonchev–Trinajstić information content (AvgIpc) is 2.65. The molecular formula is C22H22N4O2. The van der Waals surface area contributed by atoms with E-state index < -0.39 is 0 Å². The molecule has 1 aromatic carbocycles. The topological polar surface area (TPSA) is 84.0 Å². The summed E-state index contributed by atoms with van der Waals surface area (Å²) < 4.78 is 0. The fraction of sp³-hybridized carbons (Fsp3) is 0.182. The lowest BCUT2D eigenvalue weighted by atomic mass is 10.1. The molecule has 0 spiro atoms. The molecule has 0 aliphatic heterocycles. The molecule has 6 heteroatoms. The summed E-state index contributed by atoms with van der Waals surface area (Å²) in [5, 5.41) is 5.78. The molecule has 2 heterocycles. The van der Waals surface area contributed by atoms with Crippen molar-refractivity contribution in [2.24, 2.45) is 0 Å². The number of aryl methyl sites for hydroxylation is 4. The minimum absolute atomic E-state index is 0.271. The van der Waals surface area contributed by atoms with E-state index in [1.807, 2.05) is 52.0 Å². The van der Waals surface area contributed by atoms with Crippen LogP contribution in [0.4, 0.5) is 11.4 Å². The third-order valence-corrected chi connectivity index (χ3v) is 4.31. The molecule has 2 N–H and O–H groups in total. The second-order valence-electron chi connectivity index (χ2n) is 6.72. The van der Waals surface area contributed by atoms with Gasteiger partial charge in [-0.1, -0.05) is 12.1 Å². The molecule has 0 aliphatic carbocycles. The van der Waals surface area contributed by atoms with Gasteiger partial charge < -0.3 is 10.6 Å². The highest BCUT2D eigenvalue weighted by molar-refractivity contribution is 6.05. The van der Waals surface area contributed by atoms with E-state index in [1.54, 1.807) is 24.3 Å². The van der Waals surface area contributed by atoms with Gasteiger partial charge in [0.1, 0.15) is 11.4 Å². The van der Waals surface area contributed by atoms with E-state index in [0.29, 0.717) is 22.8 Å². The van der Waals surface area contributed by atoms with Crippen molar-refractivity contribution >= 4 is 23.2 Å². The molecule has 6 nitrogen and oxygen atoms in total. The van der Waals surface area contributed by atoms with E-state index in [9.17, 15) is 9.59 Å². The standard InChI is InChI=1S/C22H22N4O2/c1-13-11-20(26-22(28)18-10-6-8-16(4)24-18)14(2)12-19(13)25-21(27)17-9-5-7-15(3)23-17/h5-12H,1-4H3,(H,25,27)(H,26,28). The Hall–Kier alpha value is -3.54. The fourth-order valence-electron chi connectivity index (χ4n) is 2.80. The van der Waals surface area contributed by atoms with Crippen molar-refractivity contribution in [2.75, 3.05) is 10.6 Å². The third-order valence-electron chi connectivity index (χ3n) is 4.31. The van der Waals surface area contributed by atoms with Crippen LogP contribution in [0.3, 0.4) is 0 Å². The van der Waals surface area contributed by atoms with Gasteiger partial charge in [0.05, 0.1) is 0 Å². The first kappa shape index (κ1) is 19.2. The van der Waals surface area contributed by atoms with Crippen molar-refractivity contribution in [3.63, 3.8) is 0 Å². The molecule has 3 rings (SSSR count). The van der Waals surface area contributed by atoms with Crippen LogP contribution in [0.5, 0.6) is 0 Å². The summed E-state index contributed by atoms with van der Waals surface area (Å²) in [7, 11) is 0. The first-order valence-corrected chi connectivity index (χ1v) is 8.95. The van der Waals surface area contributed by atoms with E-state index in [2.05, 4.69) is 20.6 Å². The normalized spacial score (nSPS) is 10.4. The predicted octanol–water partition coefficient (Wildman–Crippen LogP) is 4.21. The second-order valence-corrected chi connectivity index (χ2v) is 6.72. The smallest absolute Gasteiger partial charge is 0.274 e. The third kappa shape index (κ3) is 4.40. The maximum Gasteiger partial charge on any atom is 0.274 e. The molecule has 28 heavy (non-hydrogen) atoms. The number of carbonyl (C=O) groups excluding carboxylic acids is 2. The summed E-state index contributed by atoms with van der Waals surface area (Å²) in [4.78, 5) is 33.4. The predicted molar refractivity (Wildman–Crippen MR) is 110 cm³/mol. The van der Waals surface area contributed by atoms with Crippen molar-refractivity contribution in [3.8, 4) is 0 Å². The fourth-order valence-corrected chi connectivity index (χ4v) is 2.80. The summed E-state index contributed by atoms with van der Waals surface area (Å²) in [6, 6.07) is 14.3. The first-order valence-electron chi connectivity index (χ1n) is 8.95. The number of pyridine rings is 2. The van der Waals surface area contributed by atoms with Crippen molar-refractivity contribution < 1.29 is 9.59 Å². The van der Waals surface area contributed by atoms with Crippen molar-refractivity contribution in [2.45, 2.75) is 27.7 Å². The lowest BCUT2D eigenvalue weighted by Crippen LogP contribution is -2.17. The number of nitrogens with one attached hydrogen (secondary N) is 2. The maximum atomic E-state index is 12.5. The van der Waals surface area contributed by atoms with Gasteiger partial charge in [0.2, 0.25) is 0 Å². The number of hydrogen-bond acceptors (Lipinski definition) is 4. The van der Waals surface area contributed by atoms with Crippen LogP contribution in [0, 0.1) is 27.7 Å². The van der Waals surface area contributed by atoms with Gasteiger partial charge in [0.15, 0.2) is 0 Å². The highest BCUT2D eigenvalue weighted by Crippen LogP contribution is 2.25. The number of aromatic nitrogens is 2. The SMILES string of the molecule is Cc1cccc(C(=O)Nc2cc(C)c(NC(=O)c3cccc(C)n3)cc2C)n1. The molecule has 0 aliphatic rings. The largest absolute Gasteiger partial charge is 0.320 e. The van der Waals surface area contributed by atoms with Crippen LogP contribution in [-0.2, 0) is 0 Å². The van der Waals surface area contributed by atoms with Gasteiger partial charge in [-0.05, 0) is 75.2 Å². The van der Waals surface area contributed by atoms with Crippen LogP contribution in [0.1, 0.15) is 43.5 Å². The van der Waals surface area contributed by atoms with Gasteiger partial charge in [0.25, 0.3) is 11.8 Å². The monoisotopic (exact) mass is 374 g/mol. The zero-order chi connectivity index (χ0) is 20.3. The van der Waals surface area contributed by atoms with Crippen LogP contribution in [-0.4, -0.2) is 21.8 Å². The number of anilines is 2. The van der Waals surface area contributed by atoms with Crippen LogP contribution in [0.25, 0.3) is 0 Å². The molecule has 142 valence electrons. The van der Waals surface area contributed by atoms with E-state index >= 15 is 0 Å². The number of nitrogens with zero attached hydrogens (tertiary/aromatic N) is 2. The average molecular weight is 374 g/mol. The number of amides is 2. The van der Waals surface area contributed by atoms with Gasteiger partial charge in [-0.2, -0.15) is 0 Å². The Kier molecular flexibility index (Phi) is 5.49. The van der Waals surface area contributed by atoms with Crippen LogP contribution < -0.4 is 10.6 Å².